The van der Waals surface area contributed by atoms with E-state index in [1.54, 1.807) is 28.7 Å². The minimum absolute atomic E-state index is 0.00694. The molecule has 0 heterocycles. The number of primary amides is 1. The van der Waals surface area contributed by atoms with Crippen LogP contribution in [0, 0.1) is 25.0 Å². The van der Waals surface area contributed by atoms with E-state index in [0.717, 1.165) is 6.07 Å². The van der Waals surface area contributed by atoms with Gasteiger partial charge in [0.15, 0.2) is 0 Å². The Morgan fingerprint density at radius 2 is 2.20 bits per heavy atom. The molecule has 1 aromatic rings. The van der Waals surface area contributed by atoms with Crippen LogP contribution in [0.3, 0.4) is 0 Å². The third-order valence-corrected chi connectivity index (χ3v) is 2.79. The van der Waals surface area contributed by atoms with Gasteiger partial charge in [0, 0.05) is 6.07 Å². The zero-order valence-electron chi connectivity index (χ0n) is 7.23. The van der Waals surface area contributed by atoms with E-state index in [4.69, 9.17) is 11.0 Å². The van der Waals surface area contributed by atoms with Crippen molar-refractivity contribution in [3.05, 3.63) is 36.9 Å². The molecule has 0 fully saturated rings. The Morgan fingerprint density at radius 1 is 1.60 bits per heavy atom. The van der Waals surface area contributed by atoms with E-state index in [9.17, 15) is 14.9 Å². The summed E-state index contributed by atoms with van der Waals surface area (Å²) in [7, 11) is 0. The lowest BCUT2D eigenvalue weighted by molar-refractivity contribution is -0.385. The van der Waals surface area contributed by atoms with Crippen molar-refractivity contribution in [3.8, 4) is 6.07 Å². The lowest BCUT2D eigenvalue weighted by Gasteiger charge is -2.02. The maximum absolute atomic E-state index is 10.9. The zero-order valence-corrected chi connectivity index (χ0v) is 9.39. The number of amides is 1. The molecule has 1 amide bonds. The van der Waals surface area contributed by atoms with E-state index in [0.29, 0.717) is 0 Å². The Bertz CT molecular complexity index is 493. The van der Waals surface area contributed by atoms with Gasteiger partial charge < -0.3 is 5.73 Å². The van der Waals surface area contributed by atoms with Crippen LogP contribution in [0.4, 0.5) is 5.69 Å². The minimum Gasteiger partial charge on any atom is -0.366 e. The first kappa shape index (κ1) is 11.4. The van der Waals surface area contributed by atoms with Crippen molar-refractivity contribution in [1.82, 2.24) is 0 Å². The Morgan fingerprint density at radius 3 is 2.60 bits per heavy atom. The van der Waals surface area contributed by atoms with Crippen LogP contribution in [-0.4, -0.2) is 10.8 Å². The van der Waals surface area contributed by atoms with Crippen molar-refractivity contribution >= 4 is 34.2 Å². The van der Waals surface area contributed by atoms with Crippen molar-refractivity contribution < 1.29 is 9.72 Å². The molecule has 0 aliphatic carbocycles. The predicted molar refractivity (Wildman–Crippen MR) is 59.0 cm³/mol. The lowest BCUT2D eigenvalue weighted by Crippen LogP contribution is -2.14. The molecule has 1 rings (SSSR count). The van der Waals surface area contributed by atoms with E-state index in [2.05, 4.69) is 0 Å². The van der Waals surface area contributed by atoms with Gasteiger partial charge in [-0.05, 0) is 28.7 Å². The average Bonchev–Trinajstić information content (AvgIpc) is 2.16. The molecule has 2 N–H and O–H groups in total. The lowest BCUT2D eigenvalue weighted by atomic mass is 10.1. The van der Waals surface area contributed by atoms with Gasteiger partial charge in [0.25, 0.3) is 5.69 Å². The second kappa shape index (κ2) is 4.22. The molecular formula is C8H4IN3O3. The topological polar surface area (TPSA) is 110 Å². The number of nitriles is 1. The fraction of sp³-hybridized carbons (Fsp3) is 0. The Balaban J connectivity index is 3.55. The summed E-state index contributed by atoms with van der Waals surface area (Å²) in [6.07, 6.45) is 0. The van der Waals surface area contributed by atoms with E-state index in [1.165, 1.54) is 6.07 Å². The summed E-state index contributed by atoms with van der Waals surface area (Å²) in [5.74, 6) is -0.778. The second-order valence-corrected chi connectivity index (χ2v) is 3.63. The number of nitrogens with zero attached hydrogens (tertiary/aromatic N) is 2. The number of nitro benzene ring substituents is 1. The molecule has 6 nitrogen and oxygen atoms in total. The van der Waals surface area contributed by atoms with Crippen molar-refractivity contribution in [1.29, 1.82) is 5.26 Å². The monoisotopic (exact) mass is 317 g/mol. The highest BCUT2D eigenvalue weighted by atomic mass is 127. The number of hydrogen-bond donors (Lipinski definition) is 1. The predicted octanol–water partition coefficient (Wildman–Crippen LogP) is 1.17. The van der Waals surface area contributed by atoms with Gasteiger partial charge in [-0.25, -0.2) is 0 Å². The summed E-state index contributed by atoms with van der Waals surface area (Å²) in [6, 6.07) is 4.06. The van der Waals surface area contributed by atoms with Crippen LogP contribution in [0.2, 0.25) is 0 Å². The number of halogens is 1. The van der Waals surface area contributed by atoms with Crippen LogP contribution in [0.25, 0.3) is 0 Å². The third-order valence-electron chi connectivity index (χ3n) is 1.70. The van der Waals surface area contributed by atoms with E-state index >= 15 is 0 Å². The van der Waals surface area contributed by atoms with Gasteiger partial charge in [0.2, 0.25) is 5.91 Å². The highest BCUT2D eigenvalue weighted by Gasteiger charge is 2.20. The molecule has 7 heteroatoms. The van der Waals surface area contributed by atoms with Gasteiger partial charge in [-0.1, -0.05) is 0 Å². The molecule has 0 aliphatic heterocycles. The summed E-state index contributed by atoms with van der Waals surface area (Å²) in [5.41, 5.74) is 4.75. The summed E-state index contributed by atoms with van der Waals surface area (Å²) in [4.78, 5) is 20.8. The van der Waals surface area contributed by atoms with Crippen LogP contribution in [0.15, 0.2) is 12.1 Å². The summed E-state index contributed by atoms with van der Waals surface area (Å²) < 4.78 is 0.122. The fourth-order valence-electron chi connectivity index (χ4n) is 1.02. The maximum Gasteiger partial charge on any atom is 0.284 e. The first-order chi connectivity index (χ1) is 6.99. The smallest absolute Gasteiger partial charge is 0.284 e. The molecule has 15 heavy (non-hydrogen) atoms. The number of nitro groups is 1. The van der Waals surface area contributed by atoms with Crippen molar-refractivity contribution in [2.45, 2.75) is 0 Å². The Kier molecular flexibility index (Phi) is 3.21. The number of rotatable bonds is 2. The molecule has 0 spiro atoms. The number of carbonyl (C=O) groups excluding carboxylic acids is 1. The van der Waals surface area contributed by atoms with Crippen LogP contribution in [-0.2, 0) is 0 Å². The normalized spacial score (nSPS) is 9.33. The summed E-state index contributed by atoms with van der Waals surface area (Å²) in [5, 5.41) is 19.3. The summed E-state index contributed by atoms with van der Waals surface area (Å²) in [6.45, 7) is 0. The molecule has 76 valence electrons. The van der Waals surface area contributed by atoms with Crippen molar-refractivity contribution in [3.63, 3.8) is 0 Å². The van der Waals surface area contributed by atoms with Crippen LogP contribution >= 0.6 is 22.6 Å². The maximum atomic E-state index is 10.9. The minimum atomic E-state index is -0.778. The van der Waals surface area contributed by atoms with Gasteiger partial charge >= 0.3 is 0 Å². The van der Waals surface area contributed by atoms with Crippen LogP contribution < -0.4 is 5.73 Å². The zero-order chi connectivity index (χ0) is 11.6. The largest absolute Gasteiger partial charge is 0.366 e. The highest BCUT2D eigenvalue weighted by Crippen LogP contribution is 2.26. The molecule has 0 atom stereocenters. The van der Waals surface area contributed by atoms with Gasteiger partial charge in [0.1, 0.15) is 9.64 Å². The average molecular weight is 317 g/mol. The number of hydrogen-bond acceptors (Lipinski definition) is 4. The molecule has 0 aliphatic rings. The molecule has 0 aromatic heterocycles. The molecule has 0 bridgehead atoms. The first-order valence-corrected chi connectivity index (χ1v) is 4.73. The van der Waals surface area contributed by atoms with Gasteiger partial charge in [0.05, 0.1) is 16.1 Å². The summed E-state index contributed by atoms with van der Waals surface area (Å²) >= 11 is 1.64. The van der Waals surface area contributed by atoms with Crippen molar-refractivity contribution in [2.24, 2.45) is 5.73 Å². The van der Waals surface area contributed by atoms with E-state index in [1.807, 2.05) is 0 Å². The molecule has 1 aromatic carbocycles. The molecular weight excluding hydrogens is 313 g/mol. The number of nitrogens with two attached hydrogens (primary N) is 1. The van der Waals surface area contributed by atoms with Crippen LogP contribution in [0.1, 0.15) is 15.9 Å². The molecule has 0 saturated carbocycles. The Labute approximate surface area is 98.0 Å². The second-order valence-electron chi connectivity index (χ2n) is 2.55. The number of carbonyl (C=O) groups is 1. The quantitative estimate of drug-likeness (QED) is 0.501. The van der Waals surface area contributed by atoms with E-state index in [-0.39, 0.29) is 20.4 Å². The van der Waals surface area contributed by atoms with E-state index < -0.39 is 10.8 Å². The first-order valence-electron chi connectivity index (χ1n) is 3.65. The Hall–Kier alpha value is -1.69. The van der Waals surface area contributed by atoms with Gasteiger partial charge in [-0.2, -0.15) is 5.26 Å². The highest BCUT2D eigenvalue weighted by molar-refractivity contribution is 14.1. The molecule has 0 unspecified atom stereocenters. The molecule has 0 radical (unpaired) electrons. The molecule has 0 saturated heterocycles. The number of benzene rings is 1. The van der Waals surface area contributed by atoms with Gasteiger partial charge in [-0.15, -0.1) is 0 Å². The van der Waals surface area contributed by atoms with Crippen LogP contribution in [0.5, 0.6) is 0 Å². The standard InChI is InChI=1S/C8H4IN3O3/c9-7-5(3-10)4(8(11)13)1-2-6(7)12(14)15/h1-2H,(H2,11,13). The third kappa shape index (κ3) is 2.04. The van der Waals surface area contributed by atoms with Crippen molar-refractivity contribution in [2.75, 3.05) is 0 Å². The fourth-order valence-corrected chi connectivity index (χ4v) is 1.81. The van der Waals surface area contributed by atoms with Gasteiger partial charge in [-0.3, -0.25) is 14.9 Å². The SMILES string of the molecule is N#Cc1c(C(N)=O)ccc([N+](=O)[O-])c1I.